The highest BCUT2D eigenvalue weighted by molar-refractivity contribution is 6.32. The average molecular weight is 296 g/mol. The molecule has 1 aliphatic carbocycles. The van der Waals surface area contributed by atoms with E-state index < -0.39 is 0 Å². The Hall–Kier alpha value is -0.730. The zero-order valence-corrected chi connectivity index (χ0v) is 13.8. The van der Waals surface area contributed by atoms with E-state index in [4.69, 9.17) is 16.3 Å². The van der Waals surface area contributed by atoms with Crippen LogP contribution < -0.4 is 10.1 Å². The molecule has 0 saturated heterocycles. The molecule has 1 N–H and O–H groups in total. The molecule has 1 aliphatic rings. The first-order valence-corrected chi connectivity index (χ1v) is 7.95. The molecule has 20 heavy (non-hydrogen) atoms. The molecule has 1 aromatic rings. The number of benzene rings is 1. The third-order valence-corrected chi connectivity index (χ3v) is 4.46. The van der Waals surface area contributed by atoms with Gasteiger partial charge in [0.25, 0.3) is 0 Å². The van der Waals surface area contributed by atoms with E-state index >= 15 is 0 Å². The third kappa shape index (κ3) is 3.89. The molecule has 0 bridgehead atoms. The topological polar surface area (TPSA) is 21.3 Å². The zero-order chi connectivity index (χ0) is 14.8. The van der Waals surface area contributed by atoms with E-state index in [-0.39, 0.29) is 6.10 Å². The van der Waals surface area contributed by atoms with E-state index in [0.29, 0.717) is 16.5 Å². The Morgan fingerprint density at radius 2 is 2.15 bits per heavy atom. The van der Waals surface area contributed by atoms with E-state index in [9.17, 15) is 0 Å². The summed E-state index contributed by atoms with van der Waals surface area (Å²) in [5.74, 6) is 0.808. The number of hydrogen-bond donors (Lipinski definition) is 1. The highest BCUT2D eigenvalue weighted by Gasteiger charge is 2.36. The number of rotatable bonds is 4. The molecule has 2 nitrogen and oxygen atoms in total. The summed E-state index contributed by atoms with van der Waals surface area (Å²) >= 11 is 6.30. The lowest BCUT2D eigenvalue weighted by Crippen LogP contribution is -2.49. The summed E-state index contributed by atoms with van der Waals surface area (Å²) in [4.78, 5) is 0. The molecule has 0 heterocycles. The van der Waals surface area contributed by atoms with Crippen LogP contribution in [0.4, 0.5) is 0 Å². The first kappa shape index (κ1) is 15.7. The average Bonchev–Trinajstić information content (AvgIpc) is 2.36. The normalized spacial score (nSPS) is 25.4. The number of aryl methyl sites for hydroxylation is 1. The fourth-order valence-electron chi connectivity index (χ4n) is 3.01. The fourth-order valence-corrected chi connectivity index (χ4v) is 3.28. The van der Waals surface area contributed by atoms with Crippen molar-refractivity contribution in [2.45, 2.75) is 59.1 Å². The van der Waals surface area contributed by atoms with Crippen molar-refractivity contribution in [3.8, 4) is 5.75 Å². The van der Waals surface area contributed by atoms with Crippen LogP contribution in [0.25, 0.3) is 0 Å². The molecular formula is C17H26ClNO. The van der Waals surface area contributed by atoms with Gasteiger partial charge in [0.2, 0.25) is 0 Å². The van der Waals surface area contributed by atoms with Crippen LogP contribution in [0.3, 0.4) is 0 Å². The Kier molecular flexibility index (Phi) is 4.98. The van der Waals surface area contributed by atoms with Crippen molar-refractivity contribution in [3.05, 3.63) is 28.8 Å². The number of nitrogens with one attached hydrogen (secondary N) is 1. The van der Waals surface area contributed by atoms with Crippen molar-refractivity contribution in [2.24, 2.45) is 5.41 Å². The van der Waals surface area contributed by atoms with E-state index in [0.717, 1.165) is 30.7 Å². The minimum atomic E-state index is 0.193. The second-order valence-corrected chi connectivity index (χ2v) is 7.07. The molecular weight excluding hydrogens is 270 g/mol. The van der Waals surface area contributed by atoms with E-state index in [2.05, 4.69) is 32.2 Å². The summed E-state index contributed by atoms with van der Waals surface area (Å²) in [5, 5.41) is 4.27. The molecule has 1 aromatic carbocycles. The van der Waals surface area contributed by atoms with Crippen LogP contribution in [0.1, 0.15) is 45.6 Å². The molecule has 0 aromatic heterocycles. The minimum absolute atomic E-state index is 0.193. The van der Waals surface area contributed by atoms with Gasteiger partial charge in [-0.2, -0.15) is 0 Å². The minimum Gasteiger partial charge on any atom is -0.487 e. The summed E-state index contributed by atoms with van der Waals surface area (Å²) in [6.07, 6.45) is 3.66. The van der Waals surface area contributed by atoms with Crippen molar-refractivity contribution in [2.75, 3.05) is 6.54 Å². The van der Waals surface area contributed by atoms with Gasteiger partial charge in [-0.25, -0.2) is 0 Å². The van der Waals surface area contributed by atoms with Crippen LogP contribution in [0.2, 0.25) is 5.02 Å². The molecule has 2 atom stereocenters. The van der Waals surface area contributed by atoms with Gasteiger partial charge in [-0.05, 0) is 55.8 Å². The van der Waals surface area contributed by atoms with Gasteiger partial charge < -0.3 is 10.1 Å². The summed E-state index contributed by atoms with van der Waals surface area (Å²) in [6, 6.07) is 6.43. The van der Waals surface area contributed by atoms with Crippen LogP contribution in [-0.2, 0) is 0 Å². The molecule has 0 amide bonds. The fraction of sp³-hybridized carbons (Fsp3) is 0.647. The first-order chi connectivity index (χ1) is 9.41. The molecule has 1 fully saturated rings. The van der Waals surface area contributed by atoms with Gasteiger partial charge in [-0.3, -0.25) is 0 Å². The zero-order valence-electron chi connectivity index (χ0n) is 13.0. The predicted octanol–water partition coefficient (Wildman–Crippen LogP) is 4.58. The quantitative estimate of drug-likeness (QED) is 0.877. The van der Waals surface area contributed by atoms with Crippen LogP contribution in [0, 0.1) is 12.3 Å². The molecule has 1 saturated carbocycles. The first-order valence-electron chi connectivity index (χ1n) is 7.57. The number of hydrogen-bond acceptors (Lipinski definition) is 2. The maximum Gasteiger partial charge on any atom is 0.138 e. The molecule has 2 unspecified atom stereocenters. The number of ether oxygens (including phenoxy) is 1. The molecule has 0 aliphatic heterocycles. The highest BCUT2D eigenvalue weighted by atomic mass is 35.5. The Bertz CT molecular complexity index is 458. The Morgan fingerprint density at radius 3 is 2.80 bits per heavy atom. The molecule has 112 valence electrons. The lowest BCUT2D eigenvalue weighted by molar-refractivity contribution is 0.0537. The Balaban J connectivity index is 2.14. The van der Waals surface area contributed by atoms with Gasteiger partial charge in [0.1, 0.15) is 11.9 Å². The molecule has 2 rings (SSSR count). The molecule has 3 heteroatoms. The maximum atomic E-state index is 6.30. The lowest BCUT2D eigenvalue weighted by atomic mass is 9.74. The van der Waals surface area contributed by atoms with Gasteiger partial charge in [0.15, 0.2) is 0 Å². The highest BCUT2D eigenvalue weighted by Crippen LogP contribution is 2.38. The second kappa shape index (κ2) is 6.36. The predicted molar refractivity (Wildman–Crippen MR) is 85.7 cm³/mol. The van der Waals surface area contributed by atoms with Crippen molar-refractivity contribution >= 4 is 11.6 Å². The molecule has 0 spiro atoms. The molecule has 0 radical (unpaired) electrons. The van der Waals surface area contributed by atoms with Gasteiger partial charge in [0, 0.05) is 6.04 Å². The van der Waals surface area contributed by atoms with E-state index in [1.54, 1.807) is 0 Å². The largest absolute Gasteiger partial charge is 0.487 e. The van der Waals surface area contributed by atoms with E-state index in [1.165, 1.54) is 6.42 Å². The Labute approximate surface area is 127 Å². The standard InChI is InChI=1S/C17H26ClNO/c1-5-19-14-8-9-17(3,4)11-16(14)20-15-7-6-12(2)10-13(15)18/h6-7,10,14,16,19H,5,8-9,11H2,1-4H3. The monoisotopic (exact) mass is 295 g/mol. The summed E-state index contributed by atoms with van der Waals surface area (Å²) in [6.45, 7) is 9.81. The van der Waals surface area contributed by atoms with Gasteiger partial charge >= 0.3 is 0 Å². The van der Waals surface area contributed by atoms with Gasteiger partial charge in [-0.15, -0.1) is 0 Å². The van der Waals surface area contributed by atoms with Crippen molar-refractivity contribution in [3.63, 3.8) is 0 Å². The van der Waals surface area contributed by atoms with Crippen LogP contribution >= 0.6 is 11.6 Å². The van der Waals surface area contributed by atoms with Gasteiger partial charge in [-0.1, -0.05) is 38.4 Å². The van der Waals surface area contributed by atoms with Crippen molar-refractivity contribution < 1.29 is 4.74 Å². The summed E-state index contributed by atoms with van der Waals surface area (Å²) in [5.41, 5.74) is 1.50. The van der Waals surface area contributed by atoms with E-state index in [1.807, 2.05) is 19.1 Å². The number of halogens is 1. The maximum absolute atomic E-state index is 6.30. The second-order valence-electron chi connectivity index (χ2n) is 6.66. The summed E-state index contributed by atoms with van der Waals surface area (Å²) in [7, 11) is 0. The van der Waals surface area contributed by atoms with Crippen LogP contribution in [0.15, 0.2) is 18.2 Å². The smallest absolute Gasteiger partial charge is 0.138 e. The third-order valence-electron chi connectivity index (χ3n) is 4.17. The van der Waals surface area contributed by atoms with Crippen molar-refractivity contribution in [1.29, 1.82) is 0 Å². The number of likely N-dealkylation sites (N-methyl/N-ethyl adjacent to an activating group) is 1. The van der Waals surface area contributed by atoms with Gasteiger partial charge in [0.05, 0.1) is 5.02 Å². The summed E-state index contributed by atoms with van der Waals surface area (Å²) < 4.78 is 6.25. The SMILES string of the molecule is CCNC1CCC(C)(C)CC1Oc1ccc(C)cc1Cl. The van der Waals surface area contributed by atoms with Crippen LogP contribution in [0.5, 0.6) is 5.75 Å². The van der Waals surface area contributed by atoms with Crippen LogP contribution in [-0.4, -0.2) is 18.7 Å². The lowest BCUT2D eigenvalue weighted by Gasteiger charge is -2.41. The van der Waals surface area contributed by atoms with Crippen molar-refractivity contribution in [1.82, 2.24) is 5.32 Å². The Morgan fingerprint density at radius 1 is 1.40 bits per heavy atom.